The summed E-state index contributed by atoms with van der Waals surface area (Å²) in [5.74, 6) is 0. The summed E-state index contributed by atoms with van der Waals surface area (Å²) in [6.07, 6.45) is 3.25. The van der Waals surface area contributed by atoms with E-state index in [9.17, 15) is 0 Å². The van der Waals surface area contributed by atoms with Crippen LogP contribution in [0, 0.1) is 7.43 Å². The molecule has 4 radical (unpaired) electrons. The second-order valence-electron chi connectivity index (χ2n) is 0.408. The SMILES string of the molecule is C1=CO1.[C]. The van der Waals surface area contributed by atoms with Crippen molar-refractivity contribution in [2.75, 3.05) is 0 Å². The highest BCUT2D eigenvalue weighted by Crippen LogP contribution is 1.89. The zero-order valence-electron chi connectivity index (χ0n) is 2.06. The minimum Gasteiger partial charge on any atom is -0.466 e. The van der Waals surface area contributed by atoms with Crippen LogP contribution in [0.2, 0.25) is 0 Å². The van der Waals surface area contributed by atoms with Gasteiger partial charge in [-0.1, -0.05) is 0 Å². The highest BCUT2D eigenvalue weighted by atomic mass is 16.5. The molecule has 20 valence electrons. The summed E-state index contributed by atoms with van der Waals surface area (Å²) in [5, 5.41) is 0. The lowest BCUT2D eigenvalue weighted by molar-refractivity contribution is 0.541. The van der Waals surface area contributed by atoms with E-state index in [0.717, 1.165) is 0 Å². The van der Waals surface area contributed by atoms with Crippen LogP contribution < -0.4 is 0 Å². The van der Waals surface area contributed by atoms with Crippen molar-refractivity contribution < 1.29 is 4.74 Å². The predicted octanol–water partition coefficient (Wildman–Crippen LogP) is 0.569. The molecule has 0 unspecified atom stereocenters. The minimum absolute atomic E-state index is 0. The number of hydrogen-bond donors (Lipinski definition) is 0. The Balaban J connectivity index is 0.0000000900. The zero-order valence-corrected chi connectivity index (χ0v) is 2.06. The third-order valence-corrected chi connectivity index (χ3v) is 0.136. The summed E-state index contributed by atoms with van der Waals surface area (Å²) >= 11 is 0. The zero-order chi connectivity index (χ0) is 2.12. The third kappa shape index (κ3) is 1.54. The largest absolute Gasteiger partial charge is 0.466 e. The van der Waals surface area contributed by atoms with Gasteiger partial charge < -0.3 is 4.74 Å². The van der Waals surface area contributed by atoms with E-state index >= 15 is 0 Å². The Bertz CT molecular complexity index is 26.3. The van der Waals surface area contributed by atoms with Crippen LogP contribution in [-0.4, -0.2) is 0 Å². The van der Waals surface area contributed by atoms with E-state index in [4.69, 9.17) is 0 Å². The maximum Gasteiger partial charge on any atom is 0.125 e. The molecule has 0 fully saturated rings. The Hall–Kier alpha value is -0.460. The molecule has 0 aromatic heterocycles. The molecule has 1 aliphatic heterocycles. The summed E-state index contributed by atoms with van der Waals surface area (Å²) in [4.78, 5) is 0. The van der Waals surface area contributed by atoms with Gasteiger partial charge in [0.25, 0.3) is 0 Å². The first-order valence-electron chi connectivity index (χ1n) is 0.805. The Morgan fingerprint density at radius 2 is 1.50 bits per heavy atom. The summed E-state index contributed by atoms with van der Waals surface area (Å²) < 4.78 is 4.25. The van der Waals surface area contributed by atoms with Crippen LogP contribution >= 0.6 is 0 Å². The minimum atomic E-state index is 0. The van der Waals surface area contributed by atoms with Crippen molar-refractivity contribution in [3.05, 3.63) is 20.0 Å². The van der Waals surface area contributed by atoms with Crippen LogP contribution in [0.1, 0.15) is 0 Å². The molecule has 0 N–H and O–H groups in total. The Morgan fingerprint density at radius 3 is 1.50 bits per heavy atom. The van der Waals surface area contributed by atoms with Gasteiger partial charge in [0.1, 0.15) is 12.5 Å². The van der Waals surface area contributed by atoms with E-state index in [1.54, 1.807) is 12.5 Å². The van der Waals surface area contributed by atoms with Crippen molar-refractivity contribution in [1.29, 1.82) is 0 Å². The van der Waals surface area contributed by atoms with Gasteiger partial charge in [-0.25, -0.2) is 0 Å². The molecular weight excluding hydrogens is 52.0 g/mol. The Labute approximate surface area is 25.9 Å². The molecule has 0 aliphatic carbocycles. The van der Waals surface area contributed by atoms with Gasteiger partial charge in [-0.15, -0.1) is 0 Å². The van der Waals surface area contributed by atoms with Crippen LogP contribution in [0.25, 0.3) is 0 Å². The molecule has 0 saturated heterocycles. The van der Waals surface area contributed by atoms with Crippen molar-refractivity contribution >= 4 is 0 Å². The monoisotopic (exact) mass is 54.0 g/mol. The van der Waals surface area contributed by atoms with E-state index in [-0.39, 0.29) is 7.43 Å². The lowest BCUT2D eigenvalue weighted by atomic mass is 11.3. The van der Waals surface area contributed by atoms with Crippen LogP contribution in [0.3, 0.4) is 0 Å². The molecule has 1 rings (SSSR count). The number of rotatable bonds is 0. The molecule has 0 aromatic carbocycles. The predicted molar refractivity (Wildman–Crippen MR) is 13.5 cm³/mol. The van der Waals surface area contributed by atoms with Crippen molar-refractivity contribution in [2.45, 2.75) is 0 Å². The molecular formula is C3H2O. The second kappa shape index (κ2) is 0.934. The van der Waals surface area contributed by atoms with Gasteiger partial charge in [0.05, 0.1) is 0 Å². The lowest BCUT2D eigenvalue weighted by Crippen LogP contribution is -1.09. The summed E-state index contributed by atoms with van der Waals surface area (Å²) in [7, 11) is 0. The van der Waals surface area contributed by atoms with Crippen molar-refractivity contribution in [1.82, 2.24) is 0 Å². The standard InChI is InChI=1S/C2H2O.C/c1-2-3-1;/h1-2H;. The molecule has 0 atom stereocenters. The first-order chi connectivity index (χ1) is 1.50. The fourth-order valence-corrected chi connectivity index (χ4v) is 0. The van der Waals surface area contributed by atoms with Gasteiger partial charge in [0.15, 0.2) is 0 Å². The molecule has 1 nitrogen and oxygen atoms in total. The molecule has 0 spiro atoms. The van der Waals surface area contributed by atoms with Crippen LogP contribution in [-0.2, 0) is 4.74 Å². The Morgan fingerprint density at radius 1 is 1.25 bits per heavy atom. The highest BCUT2D eigenvalue weighted by molar-refractivity contribution is 4.76. The average Bonchev–Trinajstić information content (AvgIpc) is 1.46. The topological polar surface area (TPSA) is 12.5 Å². The van der Waals surface area contributed by atoms with Crippen LogP contribution in [0.4, 0.5) is 0 Å². The highest BCUT2D eigenvalue weighted by Gasteiger charge is 1.74. The summed E-state index contributed by atoms with van der Waals surface area (Å²) in [5.41, 5.74) is 0. The molecule has 1 heteroatoms. The van der Waals surface area contributed by atoms with E-state index in [0.29, 0.717) is 0 Å². The fraction of sp³-hybridized carbons (Fsp3) is 0. The van der Waals surface area contributed by atoms with Crippen molar-refractivity contribution in [3.8, 4) is 0 Å². The molecule has 0 bridgehead atoms. The van der Waals surface area contributed by atoms with Crippen LogP contribution in [0.15, 0.2) is 12.5 Å². The second-order valence-corrected chi connectivity index (χ2v) is 0.408. The lowest BCUT2D eigenvalue weighted by Gasteiger charge is -1.37. The van der Waals surface area contributed by atoms with Crippen molar-refractivity contribution in [3.63, 3.8) is 0 Å². The molecule has 4 heavy (non-hydrogen) atoms. The van der Waals surface area contributed by atoms with Gasteiger partial charge in [0, 0.05) is 7.43 Å². The average molecular weight is 54.0 g/mol. The molecule has 1 aliphatic rings. The van der Waals surface area contributed by atoms with E-state index in [2.05, 4.69) is 4.74 Å². The first kappa shape index (κ1) is 3.54. The van der Waals surface area contributed by atoms with E-state index in [1.165, 1.54) is 0 Å². The quantitative estimate of drug-likeness (QED) is 0.394. The molecule has 0 aromatic rings. The summed E-state index contributed by atoms with van der Waals surface area (Å²) in [6.45, 7) is 0. The van der Waals surface area contributed by atoms with Gasteiger partial charge >= 0.3 is 0 Å². The third-order valence-electron chi connectivity index (χ3n) is 0.136. The Kier molecular flexibility index (Phi) is 0.826. The van der Waals surface area contributed by atoms with Gasteiger partial charge in [0.2, 0.25) is 0 Å². The van der Waals surface area contributed by atoms with Gasteiger partial charge in [-0.05, 0) is 0 Å². The van der Waals surface area contributed by atoms with E-state index < -0.39 is 0 Å². The number of hydrogen-bond acceptors (Lipinski definition) is 1. The van der Waals surface area contributed by atoms with E-state index in [1.807, 2.05) is 0 Å². The van der Waals surface area contributed by atoms with Crippen LogP contribution in [0.5, 0.6) is 0 Å². The van der Waals surface area contributed by atoms with Gasteiger partial charge in [-0.2, -0.15) is 0 Å². The normalized spacial score (nSPS) is 12.0. The maximum absolute atomic E-state index is 4.25. The maximum atomic E-state index is 4.25. The summed E-state index contributed by atoms with van der Waals surface area (Å²) in [6, 6.07) is 0. The fourth-order valence-electron chi connectivity index (χ4n) is 0. The van der Waals surface area contributed by atoms with Gasteiger partial charge in [-0.3, -0.25) is 0 Å². The number of ether oxygens (including phenoxy) is 1. The molecule has 1 heterocycles. The molecule has 0 amide bonds. The molecule has 0 saturated carbocycles. The smallest absolute Gasteiger partial charge is 0.125 e. The first-order valence-corrected chi connectivity index (χ1v) is 0.805. The van der Waals surface area contributed by atoms with Crippen molar-refractivity contribution in [2.24, 2.45) is 0 Å².